The Hall–Kier alpha value is -1.68. The lowest BCUT2D eigenvalue weighted by Gasteiger charge is -2.06. The second-order valence-electron chi connectivity index (χ2n) is 5.11. The molecule has 1 aromatic heterocycles. The lowest BCUT2D eigenvalue weighted by molar-refractivity contribution is -0.117. The Kier molecular flexibility index (Phi) is 3.57. The molecule has 1 aliphatic carbocycles. The van der Waals surface area contributed by atoms with Crippen molar-refractivity contribution in [2.45, 2.75) is 19.3 Å². The fourth-order valence-corrected chi connectivity index (χ4v) is 2.61. The summed E-state index contributed by atoms with van der Waals surface area (Å²) in [7, 11) is 0. The minimum absolute atomic E-state index is 0.0630. The van der Waals surface area contributed by atoms with E-state index in [0.29, 0.717) is 11.7 Å². The van der Waals surface area contributed by atoms with E-state index in [-0.39, 0.29) is 11.8 Å². The van der Waals surface area contributed by atoms with Gasteiger partial charge in [0.2, 0.25) is 5.91 Å². The van der Waals surface area contributed by atoms with Crippen LogP contribution in [0.5, 0.6) is 0 Å². The van der Waals surface area contributed by atoms with Crippen molar-refractivity contribution in [3.63, 3.8) is 0 Å². The van der Waals surface area contributed by atoms with E-state index >= 15 is 0 Å². The highest BCUT2D eigenvalue weighted by atomic mass is 79.9. The summed E-state index contributed by atoms with van der Waals surface area (Å²) >= 11 is 3.40. The average molecular weight is 331 g/mol. The highest BCUT2D eigenvalue weighted by Crippen LogP contribution is 2.47. The summed E-state index contributed by atoms with van der Waals surface area (Å²) in [6.07, 6.45) is 0.922. The number of anilines is 1. The third-order valence-corrected chi connectivity index (χ3v) is 4.47. The van der Waals surface area contributed by atoms with Crippen LogP contribution < -0.4 is 5.32 Å². The standard InChI is InChI=1S/C16H15BrN2O/c1-10-14(17)7-8-15(18-10)19-16(20)13-9-12(13)11-5-3-2-4-6-11/h2-8,12-13H,9H2,1H3,(H,18,19,20). The van der Waals surface area contributed by atoms with Gasteiger partial charge in [0.1, 0.15) is 5.82 Å². The molecule has 0 spiro atoms. The summed E-state index contributed by atoms with van der Waals surface area (Å²) in [5.41, 5.74) is 2.12. The van der Waals surface area contributed by atoms with Crippen LogP contribution in [-0.2, 0) is 4.79 Å². The second kappa shape index (κ2) is 5.37. The normalized spacial score (nSPS) is 20.5. The molecular weight excluding hydrogens is 316 g/mol. The van der Waals surface area contributed by atoms with Crippen LogP contribution >= 0.6 is 15.9 Å². The molecule has 20 heavy (non-hydrogen) atoms. The number of benzene rings is 1. The number of aryl methyl sites for hydroxylation is 1. The number of hydrogen-bond acceptors (Lipinski definition) is 2. The zero-order valence-electron chi connectivity index (χ0n) is 11.1. The molecule has 1 saturated carbocycles. The van der Waals surface area contributed by atoms with E-state index in [4.69, 9.17) is 0 Å². The molecule has 1 aliphatic rings. The average Bonchev–Trinajstić information content (AvgIpc) is 3.24. The Bertz CT molecular complexity index is 642. The number of rotatable bonds is 3. The number of amides is 1. The van der Waals surface area contributed by atoms with Crippen LogP contribution in [0.3, 0.4) is 0 Å². The molecule has 2 unspecified atom stereocenters. The number of pyridine rings is 1. The topological polar surface area (TPSA) is 42.0 Å². The number of carbonyl (C=O) groups excluding carboxylic acids is 1. The van der Waals surface area contributed by atoms with E-state index in [1.165, 1.54) is 5.56 Å². The number of nitrogens with one attached hydrogen (secondary N) is 1. The van der Waals surface area contributed by atoms with Gasteiger partial charge in [-0.2, -0.15) is 0 Å². The van der Waals surface area contributed by atoms with Crippen molar-refractivity contribution in [2.75, 3.05) is 5.32 Å². The van der Waals surface area contributed by atoms with Gasteiger partial charge in [0, 0.05) is 10.4 Å². The summed E-state index contributed by atoms with van der Waals surface area (Å²) in [4.78, 5) is 16.5. The quantitative estimate of drug-likeness (QED) is 0.927. The van der Waals surface area contributed by atoms with E-state index < -0.39 is 0 Å². The lowest BCUT2D eigenvalue weighted by Crippen LogP contribution is -2.15. The number of hydrogen-bond donors (Lipinski definition) is 1. The molecule has 0 radical (unpaired) electrons. The Labute approximate surface area is 126 Å². The summed E-state index contributed by atoms with van der Waals surface area (Å²) in [5, 5.41) is 2.90. The van der Waals surface area contributed by atoms with Crippen molar-refractivity contribution in [1.82, 2.24) is 4.98 Å². The van der Waals surface area contributed by atoms with E-state index in [9.17, 15) is 4.79 Å². The van der Waals surface area contributed by atoms with Crippen molar-refractivity contribution in [2.24, 2.45) is 5.92 Å². The van der Waals surface area contributed by atoms with E-state index in [2.05, 4.69) is 38.4 Å². The predicted molar refractivity (Wildman–Crippen MR) is 82.6 cm³/mol. The maximum absolute atomic E-state index is 12.2. The molecule has 0 aliphatic heterocycles. The van der Waals surface area contributed by atoms with Crippen molar-refractivity contribution in [3.05, 3.63) is 58.2 Å². The third-order valence-electron chi connectivity index (χ3n) is 3.63. The molecular formula is C16H15BrN2O. The summed E-state index contributed by atoms with van der Waals surface area (Å²) in [6, 6.07) is 13.9. The Morgan fingerprint density at radius 3 is 2.70 bits per heavy atom. The zero-order valence-corrected chi connectivity index (χ0v) is 12.7. The molecule has 3 nitrogen and oxygen atoms in total. The first kappa shape index (κ1) is 13.3. The lowest BCUT2D eigenvalue weighted by atomic mass is 10.1. The first-order valence-electron chi connectivity index (χ1n) is 6.64. The smallest absolute Gasteiger partial charge is 0.229 e. The maximum Gasteiger partial charge on any atom is 0.229 e. The molecule has 1 fully saturated rings. The number of carbonyl (C=O) groups is 1. The molecule has 0 bridgehead atoms. The molecule has 1 N–H and O–H groups in total. The fraction of sp³-hybridized carbons (Fsp3) is 0.250. The number of nitrogens with zero attached hydrogens (tertiary/aromatic N) is 1. The Balaban J connectivity index is 1.65. The largest absolute Gasteiger partial charge is 0.310 e. The second-order valence-corrected chi connectivity index (χ2v) is 5.97. The van der Waals surface area contributed by atoms with Crippen LogP contribution in [-0.4, -0.2) is 10.9 Å². The molecule has 0 saturated heterocycles. The van der Waals surface area contributed by atoms with Gasteiger partial charge >= 0.3 is 0 Å². The van der Waals surface area contributed by atoms with Crippen LogP contribution in [0.15, 0.2) is 46.9 Å². The van der Waals surface area contributed by atoms with E-state index in [1.54, 1.807) is 0 Å². The van der Waals surface area contributed by atoms with Crippen molar-refractivity contribution >= 4 is 27.7 Å². The maximum atomic E-state index is 12.2. The Morgan fingerprint density at radius 2 is 2.00 bits per heavy atom. The third kappa shape index (κ3) is 2.75. The predicted octanol–water partition coefficient (Wildman–Crippen LogP) is 3.89. The summed E-state index contributed by atoms with van der Waals surface area (Å²) in [6.45, 7) is 1.91. The molecule has 1 amide bonds. The fourth-order valence-electron chi connectivity index (χ4n) is 2.39. The highest BCUT2D eigenvalue weighted by molar-refractivity contribution is 9.10. The monoisotopic (exact) mass is 330 g/mol. The molecule has 102 valence electrons. The minimum atomic E-state index is 0.0630. The number of halogens is 1. The number of aromatic nitrogens is 1. The van der Waals surface area contributed by atoms with Gasteiger partial charge < -0.3 is 5.32 Å². The van der Waals surface area contributed by atoms with Crippen LogP contribution in [0, 0.1) is 12.8 Å². The molecule has 2 aromatic rings. The van der Waals surface area contributed by atoms with Gasteiger partial charge in [-0.25, -0.2) is 4.98 Å². The van der Waals surface area contributed by atoms with Gasteiger partial charge in [-0.05, 0) is 52.9 Å². The molecule has 2 atom stereocenters. The highest BCUT2D eigenvalue weighted by Gasteiger charge is 2.43. The minimum Gasteiger partial charge on any atom is -0.310 e. The molecule has 3 rings (SSSR count). The van der Waals surface area contributed by atoms with Crippen molar-refractivity contribution < 1.29 is 4.79 Å². The molecule has 1 aromatic carbocycles. The first-order valence-corrected chi connectivity index (χ1v) is 7.43. The van der Waals surface area contributed by atoms with Gasteiger partial charge in [0.05, 0.1) is 5.69 Å². The van der Waals surface area contributed by atoms with Crippen molar-refractivity contribution in [1.29, 1.82) is 0 Å². The van der Waals surface area contributed by atoms with Crippen LogP contribution in [0.1, 0.15) is 23.6 Å². The van der Waals surface area contributed by atoms with Crippen LogP contribution in [0.25, 0.3) is 0 Å². The van der Waals surface area contributed by atoms with Crippen LogP contribution in [0.2, 0.25) is 0 Å². The first-order chi connectivity index (χ1) is 9.65. The SMILES string of the molecule is Cc1nc(NC(=O)C2CC2c2ccccc2)ccc1Br. The van der Waals surface area contributed by atoms with Gasteiger partial charge in [-0.3, -0.25) is 4.79 Å². The molecule has 4 heteroatoms. The van der Waals surface area contributed by atoms with Gasteiger partial charge in [0.15, 0.2) is 0 Å². The van der Waals surface area contributed by atoms with E-state index in [1.807, 2.05) is 37.3 Å². The van der Waals surface area contributed by atoms with Gasteiger partial charge in [-0.15, -0.1) is 0 Å². The van der Waals surface area contributed by atoms with E-state index in [0.717, 1.165) is 16.6 Å². The summed E-state index contributed by atoms with van der Waals surface area (Å²) < 4.78 is 0.948. The Morgan fingerprint density at radius 1 is 1.25 bits per heavy atom. The van der Waals surface area contributed by atoms with Crippen molar-refractivity contribution in [3.8, 4) is 0 Å². The molecule has 1 heterocycles. The summed E-state index contributed by atoms with van der Waals surface area (Å²) in [5.74, 6) is 1.11. The van der Waals surface area contributed by atoms with Gasteiger partial charge in [-0.1, -0.05) is 30.3 Å². The van der Waals surface area contributed by atoms with Crippen LogP contribution in [0.4, 0.5) is 5.82 Å². The zero-order chi connectivity index (χ0) is 14.1. The van der Waals surface area contributed by atoms with Gasteiger partial charge in [0.25, 0.3) is 0 Å².